The number of amides is 1. The number of nitrogens with zero attached hydrogens (tertiary/aromatic N) is 1. The zero-order chi connectivity index (χ0) is 24.3. The second-order valence-corrected chi connectivity index (χ2v) is 9.38. The molecule has 3 aromatic rings. The number of nitrogens with one attached hydrogen (secondary N) is 1. The van der Waals surface area contributed by atoms with Crippen molar-refractivity contribution >= 4 is 23.0 Å². The van der Waals surface area contributed by atoms with Crippen molar-refractivity contribution in [2.45, 2.75) is 53.2 Å². The third-order valence-corrected chi connectivity index (χ3v) is 4.97. The molecule has 174 valence electrons. The van der Waals surface area contributed by atoms with Crippen LogP contribution in [0.3, 0.4) is 0 Å². The Hall–Kier alpha value is -3.48. The summed E-state index contributed by atoms with van der Waals surface area (Å²) in [6, 6.07) is 10.9. The fourth-order valence-corrected chi connectivity index (χ4v) is 3.68. The lowest BCUT2D eigenvalue weighted by Gasteiger charge is -2.22. The van der Waals surface area contributed by atoms with Gasteiger partial charge in [-0.25, -0.2) is 14.0 Å². The molecular formula is C26H29FN2O4. The molecule has 7 heteroatoms. The zero-order valence-corrected chi connectivity index (χ0v) is 19.5. The van der Waals surface area contributed by atoms with Crippen LogP contribution in [0.5, 0.6) is 0 Å². The molecule has 0 fully saturated rings. The highest BCUT2D eigenvalue weighted by Crippen LogP contribution is 2.36. The molecule has 0 atom stereocenters. The number of carboxylic acid groups (broad SMARTS) is 1. The quantitative estimate of drug-likeness (QED) is 0.482. The molecule has 1 aromatic heterocycles. The Morgan fingerprint density at radius 1 is 1.15 bits per heavy atom. The molecule has 3 rings (SSSR count). The Balaban J connectivity index is 2.27. The van der Waals surface area contributed by atoms with Crippen LogP contribution < -0.4 is 5.32 Å². The minimum absolute atomic E-state index is 0.0564. The summed E-state index contributed by atoms with van der Waals surface area (Å²) in [7, 11) is 0. The summed E-state index contributed by atoms with van der Waals surface area (Å²) in [5, 5.41) is 12.8. The topological polar surface area (TPSA) is 88.5 Å². The molecule has 6 nitrogen and oxygen atoms in total. The first-order valence-corrected chi connectivity index (χ1v) is 10.9. The van der Waals surface area contributed by atoms with E-state index < -0.39 is 23.5 Å². The van der Waals surface area contributed by atoms with Crippen molar-refractivity contribution in [2.24, 2.45) is 5.92 Å². The van der Waals surface area contributed by atoms with Crippen LogP contribution in [0.4, 0.5) is 9.18 Å². The van der Waals surface area contributed by atoms with E-state index in [1.807, 2.05) is 13.8 Å². The van der Waals surface area contributed by atoms with Crippen LogP contribution in [0.1, 0.15) is 56.2 Å². The number of pyridine rings is 1. The minimum Gasteiger partial charge on any atom is -0.478 e. The number of carboxylic acids is 1. The molecule has 0 radical (unpaired) electrons. The Labute approximate surface area is 192 Å². The average Bonchev–Trinajstić information content (AvgIpc) is 2.70. The Kier molecular flexibility index (Phi) is 7.01. The molecule has 0 unspecified atom stereocenters. The number of carbonyl (C=O) groups is 2. The molecule has 33 heavy (non-hydrogen) atoms. The number of alkyl carbamates (subject to hydrolysis) is 1. The number of ether oxygens (including phenoxy) is 1. The molecule has 0 saturated carbocycles. The summed E-state index contributed by atoms with van der Waals surface area (Å²) in [5.74, 6) is -1.28. The SMILES string of the molecule is CC(C)Cc1nc2ccc(C(=O)O)cc2c(-c2ccccc2F)c1CNC(=O)OC(C)(C)C. The predicted octanol–water partition coefficient (Wildman–Crippen LogP) is 5.96. The molecule has 1 heterocycles. The van der Waals surface area contributed by atoms with Crippen molar-refractivity contribution in [3.63, 3.8) is 0 Å². The second kappa shape index (κ2) is 9.57. The van der Waals surface area contributed by atoms with E-state index in [1.54, 1.807) is 45.0 Å². The summed E-state index contributed by atoms with van der Waals surface area (Å²) in [4.78, 5) is 28.8. The van der Waals surface area contributed by atoms with Crippen molar-refractivity contribution < 1.29 is 23.8 Å². The first kappa shape index (κ1) is 24.2. The van der Waals surface area contributed by atoms with Crippen LogP contribution in [-0.4, -0.2) is 27.8 Å². The molecule has 0 saturated heterocycles. The summed E-state index contributed by atoms with van der Waals surface area (Å²) in [6.45, 7) is 9.47. The van der Waals surface area contributed by atoms with Crippen LogP contribution in [0.25, 0.3) is 22.0 Å². The molecular weight excluding hydrogens is 423 g/mol. The number of benzene rings is 2. The third kappa shape index (κ3) is 5.86. The molecule has 2 aromatic carbocycles. The Bertz CT molecular complexity index is 1200. The first-order valence-electron chi connectivity index (χ1n) is 10.9. The lowest BCUT2D eigenvalue weighted by atomic mass is 9.90. The zero-order valence-electron chi connectivity index (χ0n) is 19.5. The van der Waals surface area contributed by atoms with E-state index in [0.717, 1.165) is 5.69 Å². The Morgan fingerprint density at radius 3 is 2.45 bits per heavy atom. The summed E-state index contributed by atoms with van der Waals surface area (Å²) in [6.07, 6.45) is 0.000476. The summed E-state index contributed by atoms with van der Waals surface area (Å²) >= 11 is 0. The minimum atomic E-state index is -1.09. The van der Waals surface area contributed by atoms with Crippen LogP contribution >= 0.6 is 0 Å². The van der Waals surface area contributed by atoms with E-state index >= 15 is 4.39 Å². The van der Waals surface area contributed by atoms with E-state index in [1.165, 1.54) is 18.2 Å². The second-order valence-electron chi connectivity index (χ2n) is 9.38. The molecule has 1 amide bonds. The van der Waals surface area contributed by atoms with Crippen molar-refractivity contribution in [1.29, 1.82) is 0 Å². The van der Waals surface area contributed by atoms with Gasteiger partial charge in [0.1, 0.15) is 11.4 Å². The molecule has 0 bridgehead atoms. The Morgan fingerprint density at radius 2 is 1.85 bits per heavy atom. The number of aromatic carboxylic acids is 1. The van der Waals surface area contributed by atoms with E-state index in [-0.39, 0.29) is 18.0 Å². The van der Waals surface area contributed by atoms with Crippen LogP contribution in [0.2, 0.25) is 0 Å². The van der Waals surface area contributed by atoms with Gasteiger partial charge in [-0.05, 0) is 57.4 Å². The lowest BCUT2D eigenvalue weighted by Crippen LogP contribution is -2.32. The largest absolute Gasteiger partial charge is 0.478 e. The highest BCUT2D eigenvalue weighted by atomic mass is 19.1. The number of halogens is 1. The molecule has 0 aliphatic heterocycles. The van der Waals surface area contributed by atoms with Gasteiger partial charge < -0.3 is 15.2 Å². The number of rotatable bonds is 6. The van der Waals surface area contributed by atoms with Gasteiger partial charge >= 0.3 is 12.1 Å². The van der Waals surface area contributed by atoms with Gasteiger partial charge in [-0.2, -0.15) is 0 Å². The fraction of sp³-hybridized carbons (Fsp3) is 0.346. The maximum absolute atomic E-state index is 15.0. The number of hydrogen-bond donors (Lipinski definition) is 2. The van der Waals surface area contributed by atoms with Gasteiger partial charge in [0.25, 0.3) is 0 Å². The van der Waals surface area contributed by atoms with Crippen LogP contribution in [0.15, 0.2) is 42.5 Å². The van der Waals surface area contributed by atoms with E-state index in [2.05, 4.69) is 5.32 Å². The third-order valence-electron chi connectivity index (χ3n) is 4.97. The monoisotopic (exact) mass is 452 g/mol. The number of carbonyl (C=O) groups excluding carboxylic acids is 1. The van der Waals surface area contributed by atoms with Gasteiger partial charge in [0.2, 0.25) is 0 Å². The molecule has 2 N–H and O–H groups in total. The smallest absolute Gasteiger partial charge is 0.407 e. The average molecular weight is 453 g/mol. The van der Waals surface area contributed by atoms with Crippen molar-refractivity contribution in [2.75, 3.05) is 0 Å². The normalized spacial score (nSPS) is 11.6. The summed E-state index contributed by atoms with van der Waals surface area (Å²) in [5.41, 5.74) is 2.16. The highest BCUT2D eigenvalue weighted by Gasteiger charge is 2.22. The molecule has 0 aliphatic rings. The van der Waals surface area contributed by atoms with Gasteiger partial charge in [0.15, 0.2) is 0 Å². The molecule has 0 aliphatic carbocycles. The number of fused-ring (bicyclic) bond motifs is 1. The lowest BCUT2D eigenvalue weighted by molar-refractivity contribution is 0.0523. The maximum Gasteiger partial charge on any atom is 0.407 e. The highest BCUT2D eigenvalue weighted by molar-refractivity contribution is 6.01. The predicted molar refractivity (Wildman–Crippen MR) is 126 cm³/mol. The standard InChI is InChI=1S/C26H29FN2O4/c1-15(2)12-22-19(14-28-25(32)33-26(3,4)5)23(17-8-6-7-9-20(17)27)18-13-16(24(30)31)10-11-21(18)29-22/h6-11,13,15H,12,14H2,1-5H3,(H,28,32)(H,30,31). The van der Waals surface area contributed by atoms with Gasteiger partial charge in [-0.15, -0.1) is 0 Å². The van der Waals surface area contributed by atoms with E-state index in [4.69, 9.17) is 9.72 Å². The van der Waals surface area contributed by atoms with E-state index in [0.29, 0.717) is 34.0 Å². The first-order chi connectivity index (χ1) is 15.5. The van der Waals surface area contributed by atoms with Crippen molar-refractivity contribution in [3.8, 4) is 11.1 Å². The fourth-order valence-electron chi connectivity index (χ4n) is 3.68. The summed E-state index contributed by atoms with van der Waals surface area (Å²) < 4.78 is 20.4. The van der Waals surface area contributed by atoms with Gasteiger partial charge in [0.05, 0.1) is 11.1 Å². The van der Waals surface area contributed by atoms with Crippen molar-refractivity contribution in [3.05, 3.63) is 65.1 Å². The van der Waals surface area contributed by atoms with Gasteiger partial charge in [-0.3, -0.25) is 4.98 Å². The van der Waals surface area contributed by atoms with Gasteiger partial charge in [0, 0.05) is 34.3 Å². The number of hydrogen-bond acceptors (Lipinski definition) is 4. The van der Waals surface area contributed by atoms with E-state index in [9.17, 15) is 14.7 Å². The maximum atomic E-state index is 15.0. The number of aromatic nitrogens is 1. The van der Waals surface area contributed by atoms with Crippen LogP contribution in [-0.2, 0) is 17.7 Å². The van der Waals surface area contributed by atoms with Crippen molar-refractivity contribution in [1.82, 2.24) is 10.3 Å². The van der Waals surface area contributed by atoms with Crippen LogP contribution in [0, 0.1) is 11.7 Å². The van der Waals surface area contributed by atoms with Gasteiger partial charge in [-0.1, -0.05) is 32.0 Å². The molecule has 0 spiro atoms.